The van der Waals surface area contributed by atoms with Gasteiger partial charge in [-0.3, -0.25) is 0 Å². The van der Waals surface area contributed by atoms with E-state index in [1.807, 2.05) is 0 Å². The molecule has 0 spiro atoms. The Kier molecular flexibility index (Phi) is 5.49. The Bertz CT molecular complexity index is 235. The monoisotopic (exact) mass is 244 g/mol. The highest BCUT2D eigenvalue weighted by Crippen LogP contribution is 2.22. The molecule has 0 aliphatic carbocycles. The lowest BCUT2D eigenvalue weighted by atomic mass is 9.94. The Morgan fingerprint density at radius 1 is 1.56 bits per heavy atom. The van der Waals surface area contributed by atoms with Crippen LogP contribution in [-0.4, -0.2) is 42.4 Å². The van der Waals surface area contributed by atoms with E-state index < -0.39 is 0 Å². The Labute approximate surface area is 105 Å². The number of hydrogen-bond donors (Lipinski definition) is 1. The Morgan fingerprint density at radius 2 is 2.25 bits per heavy atom. The fourth-order valence-electron chi connectivity index (χ4n) is 2.29. The SMILES string of the molecule is COCC(C)NC(=S)N1CCC(C)CC1C. The fourth-order valence-corrected chi connectivity index (χ4v) is 2.77. The van der Waals surface area contributed by atoms with E-state index in [0.29, 0.717) is 12.6 Å². The van der Waals surface area contributed by atoms with E-state index in [1.165, 1.54) is 12.8 Å². The molecule has 0 aromatic heterocycles. The van der Waals surface area contributed by atoms with E-state index in [4.69, 9.17) is 17.0 Å². The Hall–Kier alpha value is -0.350. The van der Waals surface area contributed by atoms with Crippen LogP contribution in [0.5, 0.6) is 0 Å². The van der Waals surface area contributed by atoms with Gasteiger partial charge in [-0.15, -0.1) is 0 Å². The maximum Gasteiger partial charge on any atom is 0.169 e. The van der Waals surface area contributed by atoms with Gasteiger partial charge < -0.3 is 15.0 Å². The smallest absolute Gasteiger partial charge is 0.169 e. The highest BCUT2D eigenvalue weighted by molar-refractivity contribution is 7.80. The molecular formula is C12H24N2OS. The number of hydrogen-bond acceptors (Lipinski definition) is 2. The first-order valence-electron chi connectivity index (χ1n) is 6.10. The van der Waals surface area contributed by atoms with Gasteiger partial charge in [0.05, 0.1) is 6.61 Å². The van der Waals surface area contributed by atoms with E-state index in [9.17, 15) is 0 Å². The van der Waals surface area contributed by atoms with Crippen molar-refractivity contribution in [2.45, 2.75) is 45.7 Å². The van der Waals surface area contributed by atoms with Gasteiger partial charge in [0.2, 0.25) is 0 Å². The Morgan fingerprint density at radius 3 is 2.81 bits per heavy atom. The summed E-state index contributed by atoms with van der Waals surface area (Å²) in [6.07, 6.45) is 2.48. The predicted octanol–water partition coefficient (Wildman–Crippen LogP) is 2.02. The second kappa shape index (κ2) is 6.40. The molecule has 1 fully saturated rings. The van der Waals surface area contributed by atoms with E-state index in [0.717, 1.165) is 17.6 Å². The maximum atomic E-state index is 5.44. The average Bonchev–Trinajstić information content (AvgIpc) is 2.17. The van der Waals surface area contributed by atoms with E-state index in [1.54, 1.807) is 7.11 Å². The number of nitrogens with one attached hydrogen (secondary N) is 1. The van der Waals surface area contributed by atoms with Gasteiger partial charge in [-0.1, -0.05) is 6.92 Å². The molecule has 0 bridgehead atoms. The summed E-state index contributed by atoms with van der Waals surface area (Å²) in [5.41, 5.74) is 0. The van der Waals surface area contributed by atoms with Crippen LogP contribution in [-0.2, 0) is 4.74 Å². The van der Waals surface area contributed by atoms with Crippen LogP contribution in [0.3, 0.4) is 0 Å². The summed E-state index contributed by atoms with van der Waals surface area (Å²) >= 11 is 5.44. The second-order valence-electron chi connectivity index (χ2n) is 4.98. The van der Waals surface area contributed by atoms with Crippen molar-refractivity contribution >= 4 is 17.3 Å². The van der Waals surface area contributed by atoms with Crippen LogP contribution in [0.4, 0.5) is 0 Å². The number of rotatable bonds is 3. The number of likely N-dealkylation sites (tertiary alicyclic amines) is 1. The number of thiocarbonyl (C=S) groups is 1. The Balaban J connectivity index is 2.41. The van der Waals surface area contributed by atoms with Crippen molar-refractivity contribution in [1.29, 1.82) is 0 Å². The third kappa shape index (κ3) is 3.91. The minimum absolute atomic E-state index is 0.282. The molecule has 1 N–H and O–H groups in total. The molecule has 1 saturated heterocycles. The minimum Gasteiger partial charge on any atom is -0.383 e. The minimum atomic E-state index is 0.282. The molecule has 0 aromatic rings. The van der Waals surface area contributed by atoms with E-state index in [2.05, 4.69) is 31.0 Å². The second-order valence-corrected chi connectivity index (χ2v) is 5.36. The molecule has 0 aromatic carbocycles. The lowest BCUT2D eigenvalue weighted by molar-refractivity contribution is 0.172. The highest BCUT2D eigenvalue weighted by Gasteiger charge is 2.24. The highest BCUT2D eigenvalue weighted by atomic mass is 32.1. The molecule has 3 unspecified atom stereocenters. The lowest BCUT2D eigenvalue weighted by Gasteiger charge is -2.39. The summed E-state index contributed by atoms with van der Waals surface area (Å²) < 4.78 is 5.10. The lowest BCUT2D eigenvalue weighted by Crippen LogP contribution is -2.51. The third-order valence-electron chi connectivity index (χ3n) is 3.19. The van der Waals surface area contributed by atoms with Crippen molar-refractivity contribution in [1.82, 2.24) is 10.2 Å². The fraction of sp³-hybridized carbons (Fsp3) is 0.917. The van der Waals surface area contributed by atoms with E-state index in [-0.39, 0.29) is 6.04 Å². The van der Waals surface area contributed by atoms with Gasteiger partial charge in [0.1, 0.15) is 0 Å². The van der Waals surface area contributed by atoms with E-state index >= 15 is 0 Å². The summed E-state index contributed by atoms with van der Waals surface area (Å²) in [6.45, 7) is 8.43. The number of ether oxygens (including phenoxy) is 1. The standard InChI is InChI=1S/C12H24N2OS/c1-9-5-6-14(11(3)7-9)12(16)13-10(2)8-15-4/h9-11H,5-8H2,1-4H3,(H,13,16). The van der Waals surface area contributed by atoms with Crippen molar-refractivity contribution in [3.05, 3.63) is 0 Å². The van der Waals surface area contributed by atoms with Crippen LogP contribution in [0.1, 0.15) is 33.6 Å². The predicted molar refractivity (Wildman–Crippen MR) is 71.6 cm³/mol. The van der Waals surface area contributed by atoms with Gasteiger partial charge in [0, 0.05) is 25.7 Å². The summed E-state index contributed by atoms with van der Waals surface area (Å²) in [6, 6.07) is 0.836. The van der Waals surface area contributed by atoms with Gasteiger partial charge in [-0.25, -0.2) is 0 Å². The average molecular weight is 244 g/mol. The molecule has 0 amide bonds. The zero-order valence-electron chi connectivity index (χ0n) is 10.8. The van der Waals surface area contributed by atoms with Crippen LogP contribution >= 0.6 is 12.2 Å². The first-order valence-corrected chi connectivity index (χ1v) is 6.51. The number of piperidine rings is 1. The van der Waals surface area contributed by atoms with Crippen LogP contribution in [0.25, 0.3) is 0 Å². The van der Waals surface area contributed by atoms with Gasteiger partial charge in [0.15, 0.2) is 5.11 Å². The van der Waals surface area contributed by atoms with Gasteiger partial charge >= 0.3 is 0 Å². The van der Waals surface area contributed by atoms with Crippen molar-refractivity contribution in [3.63, 3.8) is 0 Å². The molecular weight excluding hydrogens is 220 g/mol. The van der Waals surface area contributed by atoms with Gasteiger partial charge in [-0.05, 0) is 44.8 Å². The van der Waals surface area contributed by atoms with Crippen molar-refractivity contribution in [2.75, 3.05) is 20.3 Å². The molecule has 1 heterocycles. The van der Waals surface area contributed by atoms with Gasteiger partial charge in [0.25, 0.3) is 0 Å². The molecule has 0 saturated carbocycles. The molecule has 3 atom stereocenters. The first-order chi connectivity index (χ1) is 7.54. The zero-order valence-corrected chi connectivity index (χ0v) is 11.6. The molecule has 94 valence electrons. The van der Waals surface area contributed by atoms with Crippen LogP contribution in [0.2, 0.25) is 0 Å². The molecule has 16 heavy (non-hydrogen) atoms. The summed E-state index contributed by atoms with van der Waals surface area (Å²) in [5, 5.41) is 4.21. The number of nitrogens with zero attached hydrogens (tertiary/aromatic N) is 1. The molecule has 4 heteroatoms. The third-order valence-corrected chi connectivity index (χ3v) is 3.54. The molecule has 1 rings (SSSR count). The molecule has 3 nitrogen and oxygen atoms in total. The summed E-state index contributed by atoms with van der Waals surface area (Å²) in [4.78, 5) is 2.31. The van der Waals surface area contributed by atoms with Crippen molar-refractivity contribution in [3.8, 4) is 0 Å². The van der Waals surface area contributed by atoms with Crippen LogP contribution < -0.4 is 5.32 Å². The van der Waals surface area contributed by atoms with Gasteiger partial charge in [-0.2, -0.15) is 0 Å². The summed E-state index contributed by atoms with van der Waals surface area (Å²) in [7, 11) is 1.71. The zero-order chi connectivity index (χ0) is 12.1. The van der Waals surface area contributed by atoms with Crippen molar-refractivity contribution < 1.29 is 4.74 Å². The van der Waals surface area contributed by atoms with Crippen molar-refractivity contribution in [2.24, 2.45) is 5.92 Å². The molecule has 1 aliphatic rings. The first kappa shape index (κ1) is 13.7. The largest absolute Gasteiger partial charge is 0.383 e. The normalized spacial score (nSPS) is 27.6. The quantitative estimate of drug-likeness (QED) is 0.768. The number of methoxy groups -OCH3 is 1. The van der Waals surface area contributed by atoms with Crippen LogP contribution in [0.15, 0.2) is 0 Å². The topological polar surface area (TPSA) is 24.5 Å². The summed E-state index contributed by atoms with van der Waals surface area (Å²) in [5.74, 6) is 0.824. The molecule has 1 aliphatic heterocycles. The van der Waals surface area contributed by atoms with Crippen LogP contribution in [0, 0.1) is 5.92 Å². The molecule has 0 radical (unpaired) electrons. The maximum absolute atomic E-state index is 5.44.